The predicted octanol–water partition coefficient (Wildman–Crippen LogP) is 4.79. The Morgan fingerprint density at radius 2 is 1.65 bits per heavy atom. The molecule has 7 nitrogen and oxygen atoms in total. The van der Waals surface area contributed by atoms with Crippen LogP contribution in [0.5, 0.6) is 0 Å². The number of ether oxygens (including phenoxy) is 1. The molecule has 0 saturated heterocycles. The summed E-state index contributed by atoms with van der Waals surface area (Å²) in [4.78, 5) is 41.4. The number of alkyl carbamates (subject to hydrolysis) is 1. The molecular weight excluding hydrogens is 450 g/mol. The average Bonchev–Trinajstić information content (AvgIpc) is 2.74. The van der Waals surface area contributed by atoms with E-state index in [1.807, 2.05) is 52.0 Å². The second kappa shape index (κ2) is 13.6. The molecule has 4 atom stereocenters. The van der Waals surface area contributed by atoms with E-state index in [9.17, 15) is 14.4 Å². The van der Waals surface area contributed by atoms with Gasteiger partial charge in [0.2, 0.25) is 11.8 Å². The number of amides is 3. The Labute approximate surface area is 210 Å². The summed E-state index contributed by atoms with van der Waals surface area (Å²) in [6.45, 7) is 15.1. The van der Waals surface area contributed by atoms with Crippen LogP contribution in [0.25, 0.3) is 0 Å². The van der Waals surface area contributed by atoms with Gasteiger partial charge < -0.3 is 20.3 Å². The Kier molecular flexibility index (Phi) is 11.9. The summed E-state index contributed by atoms with van der Waals surface area (Å²) in [5, 5.41) is 5.71. The van der Waals surface area contributed by atoms with Crippen molar-refractivity contribution in [2.75, 3.05) is 5.75 Å². The normalized spacial score (nSPS) is 15.0. The monoisotopic (exact) mass is 493 g/mol. The molecule has 34 heavy (non-hydrogen) atoms. The molecule has 0 aliphatic carbocycles. The van der Waals surface area contributed by atoms with Gasteiger partial charge in [-0.25, -0.2) is 4.79 Å². The van der Waals surface area contributed by atoms with Crippen molar-refractivity contribution in [3.63, 3.8) is 0 Å². The number of hydrogen-bond donors (Lipinski definition) is 3. The first kappa shape index (κ1) is 29.8. The highest BCUT2D eigenvalue weighted by Gasteiger charge is 2.38. The Balaban J connectivity index is 3.40. The van der Waals surface area contributed by atoms with Crippen molar-refractivity contribution in [2.24, 2.45) is 0 Å². The molecule has 0 fully saturated rings. The molecule has 0 aliphatic heterocycles. The largest absolute Gasteiger partial charge is 0.444 e. The van der Waals surface area contributed by atoms with Gasteiger partial charge in [0.15, 0.2) is 0 Å². The maximum atomic E-state index is 13.8. The molecule has 1 aromatic carbocycles. The van der Waals surface area contributed by atoms with E-state index in [0.717, 1.165) is 24.0 Å². The standard InChI is InChI=1S/C26H43N3O4S/c1-9-11-18(4)27-23(30)22(20-14-12-17(3)13-15-20)29(19(5)10-2)24(31)21(16-34)28-25(32)33-26(6,7)8/h12-15,18-19,21-22,34H,9-11,16H2,1-8H3,(H,27,30)(H,28,32). The van der Waals surface area contributed by atoms with Crippen LogP contribution in [0.15, 0.2) is 24.3 Å². The SMILES string of the molecule is CCCC(C)NC(=O)C(c1ccc(C)cc1)N(C(=O)C(CS)NC(=O)OC(C)(C)C)C(C)CC. The maximum absolute atomic E-state index is 13.8. The molecule has 0 radical (unpaired) electrons. The van der Waals surface area contributed by atoms with Crippen molar-refractivity contribution >= 4 is 30.5 Å². The van der Waals surface area contributed by atoms with Crippen LogP contribution < -0.4 is 10.6 Å². The number of nitrogens with zero attached hydrogens (tertiary/aromatic N) is 1. The summed E-state index contributed by atoms with van der Waals surface area (Å²) in [6, 6.07) is 5.55. The smallest absolute Gasteiger partial charge is 0.408 e. The van der Waals surface area contributed by atoms with Crippen LogP contribution in [0.3, 0.4) is 0 Å². The van der Waals surface area contributed by atoms with Gasteiger partial charge in [0.05, 0.1) is 0 Å². The van der Waals surface area contributed by atoms with Crippen LogP contribution >= 0.6 is 12.6 Å². The number of aryl methyl sites for hydroxylation is 1. The third kappa shape index (κ3) is 9.20. The fourth-order valence-corrected chi connectivity index (χ4v) is 3.87. The zero-order valence-corrected chi connectivity index (χ0v) is 22.9. The average molecular weight is 494 g/mol. The van der Waals surface area contributed by atoms with Crippen molar-refractivity contribution in [3.05, 3.63) is 35.4 Å². The summed E-state index contributed by atoms with van der Waals surface area (Å²) in [5.41, 5.74) is 1.07. The lowest BCUT2D eigenvalue weighted by atomic mass is 9.98. The highest BCUT2D eigenvalue weighted by molar-refractivity contribution is 7.80. The predicted molar refractivity (Wildman–Crippen MR) is 140 cm³/mol. The molecule has 4 unspecified atom stereocenters. The van der Waals surface area contributed by atoms with Crippen molar-refractivity contribution < 1.29 is 19.1 Å². The van der Waals surface area contributed by atoms with Gasteiger partial charge in [0, 0.05) is 17.8 Å². The van der Waals surface area contributed by atoms with E-state index in [2.05, 4.69) is 30.2 Å². The first-order valence-electron chi connectivity index (χ1n) is 12.1. The lowest BCUT2D eigenvalue weighted by molar-refractivity contribution is -0.144. The summed E-state index contributed by atoms with van der Waals surface area (Å²) in [7, 11) is 0. The Morgan fingerprint density at radius 3 is 2.12 bits per heavy atom. The minimum absolute atomic E-state index is 0.0279. The molecule has 0 saturated carbocycles. The third-order valence-corrected chi connectivity index (χ3v) is 5.89. The summed E-state index contributed by atoms with van der Waals surface area (Å²) >= 11 is 4.32. The number of carbonyl (C=O) groups is 3. The molecule has 192 valence electrons. The van der Waals surface area contributed by atoms with Gasteiger partial charge in [-0.3, -0.25) is 9.59 Å². The van der Waals surface area contributed by atoms with Gasteiger partial charge in [0.1, 0.15) is 17.7 Å². The molecule has 1 rings (SSSR count). The van der Waals surface area contributed by atoms with Crippen molar-refractivity contribution in [1.29, 1.82) is 0 Å². The van der Waals surface area contributed by atoms with E-state index in [0.29, 0.717) is 6.42 Å². The second-order valence-corrected chi connectivity index (χ2v) is 10.3. The highest BCUT2D eigenvalue weighted by atomic mass is 32.1. The lowest BCUT2D eigenvalue weighted by Crippen LogP contribution is -2.56. The van der Waals surface area contributed by atoms with Gasteiger partial charge in [-0.1, -0.05) is 50.1 Å². The number of benzene rings is 1. The second-order valence-electron chi connectivity index (χ2n) is 9.90. The van der Waals surface area contributed by atoms with Crippen LogP contribution in [-0.2, 0) is 14.3 Å². The molecule has 1 aromatic rings. The van der Waals surface area contributed by atoms with Crippen LogP contribution in [0.2, 0.25) is 0 Å². The molecule has 0 aromatic heterocycles. The number of carbonyl (C=O) groups excluding carboxylic acids is 3. The molecular formula is C26H43N3O4S. The zero-order chi connectivity index (χ0) is 26.1. The molecule has 0 bridgehead atoms. The van der Waals surface area contributed by atoms with E-state index in [4.69, 9.17) is 4.74 Å². The van der Waals surface area contributed by atoms with Gasteiger partial charge in [0.25, 0.3) is 0 Å². The maximum Gasteiger partial charge on any atom is 0.408 e. The fraction of sp³-hybridized carbons (Fsp3) is 0.654. The molecule has 0 aliphatic rings. The number of nitrogens with one attached hydrogen (secondary N) is 2. The molecule has 0 heterocycles. The van der Waals surface area contributed by atoms with Crippen LogP contribution in [0.4, 0.5) is 4.79 Å². The van der Waals surface area contributed by atoms with E-state index < -0.39 is 23.8 Å². The molecule has 3 amide bonds. The van der Waals surface area contributed by atoms with Crippen molar-refractivity contribution in [3.8, 4) is 0 Å². The van der Waals surface area contributed by atoms with Crippen LogP contribution in [-0.4, -0.2) is 52.3 Å². The topological polar surface area (TPSA) is 87.7 Å². The number of rotatable bonds is 11. The molecule has 2 N–H and O–H groups in total. The fourth-order valence-electron chi connectivity index (χ4n) is 3.62. The van der Waals surface area contributed by atoms with Gasteiger partial charge in [-0.15, -0.1) is 0 Å². The van der Waals surface area contributed by atoms with Crippen LogP contribution in [0.1, 0.15) is 84.9 Å². The minimum Gasteiger partial charge on any atom is -0.444 e. The quantitative estimate of drug-likeness (QED) is 0.387. The Hall–Kier alpha value is -2.22. The van der Waals surface area contributed by atoms with Gasteiger partial charge in [-0.05, 0) is 59.9 Å². The van der Waals surface area contributed by atoms with Gasteiger partial charge in [-0.2, -0.15) is 12.6 Å². The minimum atomic E-state index is -0.944. The zero-order valence-electron chi connectivity index (χ0n) is 22.0. The Morgan fingerprint density at radius 1 is 1.06 bits per heavy atom. The Bertz CT molecular complexity index is 807. The van der Waals surface area contributed by atoms with E-state index in [1.165, 1.54) is 0 Å². The third-order valence-electron chi connectivity index (χ3n) is 5.52. The number of thiol groups is 1. The summed E-state index contributed by atoms with van der Waals surface area (Å²) in [5.74, 6) is -0.549. The van der Waals surface area contributed by atoms with Crippen LogP contribution in [0, 0.1) is 6.92 Å². The number of hydrogen-bond acceptors (Lipinski definition) is 5. The molecule has 8 heteroatoms. The van der Waals surface area contributed by atoms with Gasteiger partial charge >= 0.3 is 6.09 Å². The summed E-state index contributed by atoms with van der Waals surface area (Å²) < 4.78 is 5.34. The highest BCUT2D eigenvalue weighted by Crippen LogP contribution is 2.27. The first-order valence-corrected chi connectivity index (χ1v) is 12.8. The summed E-state index contributed by atoms with van der Waals surface area (Å²) in [6.07, 6.45) is 1.71. The lowest BCUT2D eigenvalue weighted by Gasteiger charge is -2.38. The van der Waals surface area contributed by atoms with E-state index in [-0.39, 0.29) is 29.7 Å². The van der Waals surface area contributed by atoms with E-state index >= 15 is 0 Å². The van der Waals surface area contributed by atoms with Crippen molar-refractivity contribution in [2.45, 2.75) is 104 Å². The van der Waals surface area contributed by atoms with E-state index in [1.54, 1.807) is 25.7 Å². The van der Waals surface area contributed by atoms with Crippen molar-refractivity contribution in [1.82, 2.24) is 15.5 Å². The first-order chi connectivity index (χ1) is 15.8. The molecule has 0 spiro atoms.